The van der Waals surface area contributed by atoms with Gasteiger partial charge in [-0.1, -0.05) is 42.5 Å². The third kappa shape index (κ3) is 6.03. The number of ether oxygens (including phenoxy) is 2. The second-order valence-electron chi connectivity index (χ2n) is 6.69. The monoisotopic (exact) mass is 342 g/mol. The van der Waals surface area contributed by atoms with Gasteiger partial charge in [0.15, 0.2) is 0 Å². The molecular weight excluding hydrogens is 316 g/mol. The Bertz CT molecular complexity index is 681. The van der Waals surface area contributed by atoms with E-state index in [1.807, 2.05) is 75.4 Å². The summed E-state index contributed by atoms with van der Waals surface area (Å²) in [4.78, 5) is 12.2. The summed E-state index contributed by atoms with van der Waals surface area (Å²) in [6.07, 6.45) is -0.442. The van der Waals surface area contributed by atoms with Gasteiger partial charge in [-0.25, -0.2) is 4.79 Å². The molecule has 0 saturated heterocycles. The molecule has 134 valence electrons. The lowest BCUT2D eigenvalue weighted by Crippen LogP contribution is -2.37. The lowest BCUT2D eigenvalue weighted by molar-refractivity contribution is 0.0506. The van der Waals surface area contributed by atoms with Crippen molar-refractivity contribution in [2.45, 2.75) is 32.4 Å². The fourth-order valence-corrected chi connectivity index (χ4v) is 2.39. The zero-order chi connectivity index (χ0) is 18.3. The number of anilines is 1. The average Bonchev–Trinajstić information content (AvgIpc) is 2.58. The van der Waals surface area contributed by atoms with Gasteiger partial charge in [-0.3, -0.25) is 0 Å². The summed E-state index contributed by atoms with van der Waals surface area (Å²) in [7, 11) is 1.63. The number of amides is 1. The highest BCUT2D eigenvalue weighted by molar-refractivity contribution is 5.68. The number of benzene rings is 2. The summed E-state index contributed by atoms with van der Waals surface area (Å²) in [5, 5.41) is 6.27. The van der Waals surface area contributed by atoms with Gasteiger partial charge in [0.25, 0.3) is 0 Å². The summed E-state index contributed by atoms with van der Waals surface area (Å²) in [6.45, 7) is 6.04. The first-order valence-corrected chi connectivity index (χ1v) is 8.30. The number of hydrogen-bond donors (Lipinski definition) is 2. The first kappa shape index (κ1) is 18.6. The van der Waals surface area contributed by atoms with Crippen molar-refractivity contribution in [2.75, 3.05) is 19.0 Å². The van der Waals surface area contributed by atoms with E-state index in [2.05, 4.69) is 10.6 Å². The SMILES string of the molecule is COc1ccccc1NC[C@@H](NC(=O)OC(C)(C)C)c1ccccc1. The van der Waals surface area contributed by atoms with E-state index in [1.54, 1.807) is 7.11 Å². The van der Waals surface area contributed by atoms with Crippen LogP contribution in [0.3, 0.4) is 0 Å². The van der Waals surface area contributed by atoms with Crippen molar-refractivity contribution in [2.24, 2.45) is 0 Å². The van der Waals surface area contributed by atoms with Crippen LogP contribution < -0.4 is 15.4 Å². The Labute approximate surface area is 149 Å². The lowest BCUT2D eigenvalue weighted by atomic mass is 10.1. The highest BCUT2D eigenvalue weighted by Gasteiger charge is 2.20. The van der Waals surface area contributed by atoms with Gasteiger partial charge < -0.3 is 20.1 Å². The minimum absolute atomic E-state index is 0.235. The van der Waals surface area contributed by atoms with E-state index in [1.165, 1.54) is 0 Å². The standard InChI is InChI=1S/C20H26N2O3/c1-20(2,3)25-19(23)22-17(15-10-6-5-7-11-15)14-21-16-12-8-9-13-18(16)24-4/h5-13,17,21H,14H2,1-4H3,(H,22,23)/t17-/m1/s1. The molecule has 0 fully saturated rings. The quantitative estimate of drug-likeness (QED) is 0.818. The smallest absolute Gasteiger partial charge is 0.408 e. The largest absolute Gasteiger partial charge is 0.495 e. The normalized spacial score (nSPS) is 12.2. The number of alkyl carbamates (subject to hydrolysis) is 1. The molecule has 0 aliphatic carbocycles. The summed E-state index contributed by atoms with van der Waals surface area (Å²) < 4.78 is 10.7. The fraction of sp³-hybridized carbons (Fsp3) is 0.350. The maximum atomic E-state index is 12.2. The zero-order valence-corrected chi connectivity index (χ0v) is 15.2. The van der Waals surface area contributed by atoms with E-state index >= 15 is 0 Å². The number of para-hydroxylation sites is 2. The molecule has 25 heavy (non-hydrogen) atoms. The molecule has 0 bridgehead atoms. The van der Waals surface area contributed by atoms with Crippen molar-refractivity contribution in [1.29, 1.82) is 0 Å². The van der Waals surface area contributed by atoms with Crippen molar-refractivity contribution in [1.82, 2.24) is 5.32 Å². The Morgan fingerprint density at radius 3 is 2.32 bits per heavy atom. The minimum Gasteiger partial charge on any atom is -0.495 e. The molecule has 0 spiro atoms. The first-order chi connectivity index (χ1) is 11.9. The molecule has 0 heterocycles. The molecule has 2 aromatic carbocycles. The van der Waals surface area contributed by atoms with E-state index in [0.29, 0.717) is 6.54 Å². The van der Waals surface area contributed by atoms with E-state index in [4.69, 9.17) is 9.47 Å². The number of hydrogen-bond acceptors (Lipinski definition) is 4. The molecule has 1 atom stereocenters. The average molecular weight is 342 g/mol. The van der Waals surface area contributed by atoms with Crippen molar-refractivity contribution in [3.8, 4) is 5.75 Å². The van der Waals surface area contributed by atoms with Gasteiger partial charge in [-0.2, -0.15) is 0 Å². The predicted molar refractivity (Wildman–Crippen MR) is 100 cm³/mol. The second kappa shape index (κ2) is 8.42. The molecule has 5 heteroatoms. The molecule has 0 aliphatic rings. The van der Waals surface area contributed by atoms with Crippen LogP contribution in [0.5, 0.6) is 5.75 Å². The Balaban J connectivity index is 2.11. The van der Waals surface area contributed by atoms with Gasteiger partial charge in [0.05, 0.1) is 18.8 Å². The second-order valence-corrected chi connectivity index (χ2v) is 6.69. The Hall–Kier alpha value is -2.69. The van der Waals surface area contributed by atoms with Crippen molar-refractivity contribution < 1.29 is 14.3 Å². The molecule has 5 nitrogen and oxygen atoms in total. The van der Waals surface area contributed by atoms with Crippen LogP contribution in [0.2, 0.25) is 0 Å². The number of nitrogens with one attached hydrogen (secondary N) is 2. The maximum Gasteiger partial charge on any atom is 0.408 e. The van der Waals surface area contributed by atoms with Crippen molar-refractivity contribution in [3.63, 3.8) is 0 Å². The Morgan fingerprint density at radius 1 is 1.04 bits per heavy atom. The van der Waals surface area contributed by atoms with Crippen LogP contribution in [-0.4, -0.2) is 25.3 Å². The molecule has 0 saturated carbocycles. The molecule has 0 unspecified atom stereocenters. The van der Waals surface area contributed by atoms with Gasteiger partial charge in [-0.15, -0.1) is 0 Å². The summed E-state index contributed by atoms with van der Waals surface area (Å²) in [5.41, 5.74) is 1.33. The fourth-order valence-electron chi connectivity index (χ4n) is 2.39. The first-order valence-electron chi connectivity index (χ1n) is 8.30. The van der Waals surface area contributed by atoms with E-state index < -0.39 is 11.7 Å². The van der Waals surface area contributed by atoms with Gasteiger partial charge in [0.2, 0.25) is 0 Å². The van der Waals surface area contributed by atoms with E-state index in [0.717, 1.165) is 17.0 Å². The lowest BCUT2D eigenvalue weighted by Gasteiger charge is -2.24. The summed E-state index contributed by atoms with van der Waals surface area (Å²) >= 11 is 0. The number of carbonyl (C=O) groups is 1. The number of methoxy groups -OCH3 is 1. The highest BCUT2D eigenvalue weighted by atomic mass is 16.6. The van der Waals surface area contributed by atoms with Crippen LogP contribution in [0.25, 0.3) is 0 Å². The van der Waals surface area contributed by atoms with Crippen molar-refractivity contribution in [3.05, 3.63) is 60.2 Å². The molecular formula is C20H26N2O3. The predicted octanol–water partition coefficient (Wildman–Crippen LogP) is 4.37. The Kier molecular flexibility index (Phi) is 6.28. The molecule has 0 radical (unpaired) electrons. The van der Waals surface area contributed by atoms with Crippen LogP contribution in [0.1, 0.15) is 32.4 Å². The summed E-state index contributed by atoms with van der Waals surface area (Å²) in [5.74, 6) is 0.756. The molecule has 0 aliphatic heterocycles. The maximum absolute atomic E-state index is 12.2. The van der Waals surface area contributed by atoms with E-state index in [-0.39, 0.29) is 6.04 Å². The third-order valence-electron chi connectivity index (χ3n) is 3.50. The topological polar surface area (TPSA) is 59.6 Å². The molecule has 1 amide bonds. The van der Waals surface area contributed by atoms with Crippen LogP contribution in [0.4, 0.5) is 10.5 Å². The number of rotatable bonds is 6. The third-order valence-corrected chi connectivity index (χ3v) is 3.50. The summed E-state index contributed by atoms with van der Waals surface area (Å²) in [6, 6.07) is 17.2. The Morgan fingerprint density at radius 2 is 1.68 bits per heavy atom. The molecule has 2 rings (SSSR count). The van der Waals surface area contributed by atoms with Gasteiger partial charge in [-0.05, 0) is 38.5 Å². The van der Waals surface area contributed by atoms with Crippen LogP contribution in [0, 0.1) is 0 Å². The number of carbonyl (C=O) groups excluding carboxylic acids is 1. The van der Waals surface area contributed by atoms with E-state index in [9.17, 15) is 4.79 Å². The highest BCUT2D eigenvalue weighted by Crippen LogP contribution is 2.24. The van der Waals surface area contributed by atoms with Crippen LogP contribution >= 0.6 is 0 Å². The zero-order valence-electron chi connectivity index (χ0n) is 15.2. The van der Waals surface area contributed by atoms with Gasteiger partial charge in [0.1, 0.15) is 11.4 Å². The molecule has 0 aromatic heterocycles. The molecule has 2 aromatic rings. The van der Waals surface area contributed by atoms with Crippen LogP contribution in [0.15, 0.2) is 54.6 Å². The van der Waals surface area contributed by atoms with Crippen molar-refractivity contribution >= 4 is 11.8 Å². The van der Waals surface area contributed by atoms with Crippen LogP contribution in [-0.2, 0) is 4.74 Å². The molecule has 2 N–H and O–H groups in total. The minimum atomic E-state index is -0.540. The van der Waals surface area contributed by atoms with Gasteiger partial charge >= 0.3 is 6.09 Å². The van der Waals surface area contributed by atoms with Gasteiger partial charge in [0, 0.05) is 6.54 Å².